The van der Waals surface area contributed by atoms with E-state index < -0.39 is 17.8 Å². The minimum atomic E-state index is -0.917. The summed E-state index contributed by atoms with van der Waals surface area (Å²) in [4.78, 5) is 51.4. The van der Waals surface area contributed by atoms with Crippen LogP contribution in [0, 0.1) is 0 Å². The van der Waals surface area contributed by atoms with Gasteiger partial charge in [0.05, 0.1) is 30.9 Å². The number of amides is 3. The number of anilines is 1. The summed E-state index contributed by atoms with van der Waals surface area (Å²) in [6, 6.07) is 7.54. The van der Waals surface area contributed by atoms with E-state index in [0.717, 1.165) is 0 Å². The minimum Gasteiger partial charge on any atom is -0.462 e. The van der Waals surface area contributed by atoms with E-state index in [-0.39, 0.29) is 54.8 Å². The highest BCUT2D eigenvalue weighted by Crippen LogP contribution is 2.32. The summed E-state index contributed by atoms with van der Waals surface area (Å²) in [5.74, 6) is -2.24. The molecule has 0 spiro atoms. The van der Waals surface area contributed by atoms with Gasteiger partial charge in [0.1, 0.15) is 11.5 Å². The van der Waals surface area contributed by atoms with Crippen LogP contribution in [-0.4, -0.2) is 55.5 Å². The Labute approximate surface area is 223 Å². The molecule has 1 aliphatic rings. The van der Waals surface area contributed by atoms with Gasteiger partial charge in [-0.25, -0.2) is 4.79 Å². The van der Waals surface area contributed by atoms with Crippen molar-refractivity contribution in [1.29, 1.82) is 0 Å². The Kier molecular flexibility index (Phi) is 9.51. The third-order valence-electron chi connectivity index (χ3n) is 5.23. The second-order valence-electron chi connectivity index (χ2n) is 7.79. The number of benzene rings is 1. The van der Waals surface area contributed by atoms with Crippen molar-refractivity contribution in [2.45, 2.75) is 20.4 Å². The zero-order chi connectivity index (χ0) is 27.1. The molecule has 0 aliphatic carbocycles. The molecule has 0 radical (unpaired) electrons. The predicted molar refractivity (Wildman–Crippen MR) is 137 cm³/mol. The summed E-state index contributed by atoms with van der Waals surface area (Å²) >= 11 is 11.8. The van der Waals surface area contributed by atoms with Crippen LogP contribution in [0.4, 0.5) is 5.69 Å². The number of rotatable bonds is 9. The molecule has 3 rings (SSSR count). The normalized spacial score (nSPS) is 14.4. The van der Waals surface area contributed by atoms with Crippen molar-refractivity contribution in [1.82, 2.24) is 10.2 Å². The Morgan fingerprint density at radius 1 is 1.11 bits per heavy atom. The molecule has 0 atom stereocenters. The van der Waals surface area contributed by atoms with E-state index in [9.17, 15) is 19.2 Å². The fraction of sp³-hybridized carbons (Fsp3) is 0.280. The lowest BCUT2D eigenvalue weighted by Crippen LogP contribution is -2.34. The molecule has 0 bridgehead atoms. The first kappa shape index (κ1) is 28.0. The van der Waals surface area contributed by atoms with E-state index in [4.69, 9.17) is 37.1 Å². The second-order valence-corrected chi connectivity index (χ2v) is 8.66. The molecular weight excluding hydrogens is 525 g/mol. The molecule has 0 saturated carbocycles. The van der Waals surface area contributed by atoms with Crippen LogP contribution in [0.25, 0.3) is 6.08 Å². The zero-order valence-corrected chi connectivity index (χ0v) is 21.9. The summed E-state index contributed by atoms with van der Waals surface area (Å²) in [5.41, 5.74) is 0.993. The van der Waals surface area contributed by atoms with Crippen molar-refractivity contribution in [2.24, 2.45) is 0 Å². The number of hydrogen-bond acceptors (Lipinski definition) is 7. The van der Waals surface area contributed by atoms with Crippen LogP contribution in [0.1, 0.15) is 25.4 Å². The van der Waals surface area contributed by atoms with Gasteiger partial charge in [-0.05, 0) is 50.3 Å². The quantitative estimate of drug-likeness (QED) is 0.278. The molecule has 2 N–H and O–H groups in total. The maximum absolute atomic E-state index is 13.0. The van der Waals surface area contributed by atoms with E-state index in [1.807, 2.05) is 0 Å². The highest BCUT2D eigenvalue weighted by atomic mass is 35.5. The molecule has 2 aromatic rings. The molecule has 0 fully saturated rings. The van der Waals surface area contributed by atoms with E-state index in [1.165, 1.54) is 36.3 Å². The number of esters is 1. The van der Waals surface area contributed by atoms with Gasteiger partial charge in [0, 0.05) is 35.1 Å². The number of nitrogens with zero attached hydrogens (tertiary/aromatic N) is 1. The lowest BCUT2D eigenvalue weighted by Gasteiger charge is -2.16. The number of carbonyl (C=O) groups excluding carboxylic acids is 4. The van der Waals surface area contributed by atoms with Crippen molar-refractivity contribution in [3.05, 3.63) is 68.7 Å². The van der Waals surface area contributed by atoms with Gasteiger partial charge in [0.2, 0.25) is 0 Å². The van der Waals surface area contributed by atoms with Crippen LogP contribution >= 0.6 is 23.2 Å². The maximum Gasteiger partial charge on any atom is 0.340 e. The zero-order valence-electron chi connectivity index (χ0n) is 20.4. The molecule has 0 unspecified atom stereocenters. The van der Waals surface area contributed by atoms with Crippen molar-refractivity contribution < 1.29 is 33.1 Å². The molecular formula is C25H25Cl2N3O7. The summed E-state index contributed by atoms with van der Waals surface area (Å²) < 4.78 is 15.9. The molecule has 1 aliphatic heterocycles. The van der Waals surface area contributed by atoms with Crippen LogP contribution < -0.4 is 10.6 Å². The third-order valence-corrected chi connectivity index (χ3v) is 5.67. The van der Waals surface area contributed by atoms with E-state index in [1.54, 1.807) is 26.0 Å². The van der Waals surface area contributed by atoms with E-state index in [0.29, 0.717) is 21.5 Å². The van der Waals surface area contributed by atoms with Crippen LogP contribution in [0.5, 0.6) is 0 Å². The van der Waals surface area contributed by atoms with Crippen molar-refractivity contribution in [3.8, 4) is 0 Å². The SMILES string of the molecule is CCOC(=O)C1=C(C)N(CCOC)C(=O)/C1=C/c1ccc(CNC(=O)C(=O)Nc2cc(Cl)cc(Cl)c2)o1. The van der Waals surface area contributed by atoms with Gasteiger partial charge in [0.25, 0.3) is 5.91 Å². The fourth-order valence-corrected chi connectivity index (χ4v) is 4.08. The molecule has 3 amide bonds. The summed E-state index contributed by atoms with van der Waals surface area (Å²) in [6.45, 7) is 3.94. The number of nitrogens with one attached hydrogen (secondary N) is 2. The standard InChI is InChI=1S/C25H25Cl2N3O7/c1-4-36-25(34)21-14(2)30(7-8-35-3)24(33)20(21)12-18-5-6-19(37-18)13-28-22(31)23(32)29-17-10-15(26)9-16(27)11-17/h5-6,9-12H,4,7-8,13H2,1-3H3,(H,28,31)(H,29,32)/b20-12+. The molecule has 10 nitrogen and oxygen atoms in total. The first-order valence-electron chi connectivity index (χ1n) is 11.2. The highest BCUT2D eigenvalue weighted by molar-refractivity contribution is 6.40. The van der Waals surface area contributed by atoms with Crippen LogP contribution in [0.3, 0.4) is 0 Å². The molecule has 37 heavy (non-hydrogen) atoms. The van der Waals surface area contributed by atoms with E-state index in [2.05, 4.69) is 10.6 Å². The maximum atomic E-state index is 13.0. The molecule has 2 heterocycles. The smallest absolute Gasteiger partial charge is 0.340 e. The third kappa shape index (κ3) is 7.00. The van der Waals surface area contributed by atoms with Gasteiger partial charge in [-0.1, -0.05) is 23.2 Å². The van der Waals surface area contributed by atoms with Crippen molar-refractivity contribution >= 4 is 58.7 Å². The van der Waals surface area contributed by atoms with Crippen LogP contribution in [0.15, 0.2) is 51.6 Å². The van der Waals surface area contributed by atoms with Crippen LogP contribution in [0.2, 0.25) is 10.0 Å². The fourth-order valence-electron chi connectivity index (χ4n) is 3.55. The number of carbonyl (C=O) groups is 4. The Hall–Kier alpha value is -3.60. The lowest BCUT2D eigenvalue weighted by atomic mass is 10.1. The predicted octanol–water partition coefficient (Wildman–Crippen LogP) is 3.55. The first-order chi connectivity index (χ1) is 17.6. The average molecular weight is 550 g/mol. The monoisotopic (exact) mass is 549 g/mol. The second kappa shape index (κ2) is 12.6. The molecule has 12 heteroatoms. The summed E-state index contributed by atoms with van der Waals surface area (Å²) in [6.07, 6.45) is 1.44. The topological polar surface area (TPSA) is 127 Å². The highest BCUT2D eigenvalue weighted by Gasteiger charge is 2.37. The number of methoxy groups -OCH3 is 1. The van der Waals surface area contributed by atoms with E-state index >= 15 is 0 Å². The molecule has 0 saturated heterocycles. The largest absolute Gasteiger partial charge is 0.462 e. The lowest BCUT2D eigenvalue weighted by molar-refractivity contribution is -0.138. The Morgan fingerprint density at radius 3 is 2.46 bits per heavy atom. The number of furan rings is 1. The molecule has 1 aromatic heterocycles. The average Bonchev–Trinajstić information content (AvgIpc) is 3.37. The van der Waals surface area contributed by atoms with Crippen molar-refractivity contribution in [3.63, 3.8) is 0 Å². The number of hydrogen-bond donors (Lipinski definition) is 2. The number of allylic oxidation sites excluding steroid dienone is 1. The van der Waals surface area contributed by atoms with Crippen molar-refractivity contribution in [2.75, 3.05) is 32.2 Å². The Bertz CT molecular complexity index is 1260. The molecule has 1 aromatic carbocycles. The van der Waals surface area contributed by atoms with Gasteiger partial charge < -0.3 is 29.4 Å². The van der Waals surface area contributed by atoms with Gasteiger partial charge in [0.15, 0.2) is 0 Å². The summed E-state index contributed by atoms with van der Waals surface area (Å²) in [5, 5.41) is 5.46. The Balaban J connectivity index is 1.70. The van der Waals surface area contributed by atoms with Gasteiger partial charge in [-0.2, -0.15) is 0 Å². The minimum absolute atomic E-state index is 0.0980. The number of halogens is 2. The first-order valence-corrected chi connectivity index (χ1v) is 11.9. The van der Waals surface area contributed by atoms with Gasteiger partial charge in [-0.15, -0.1) is 0 Å². The Morgan fingerprint density at radius 2 is 1.81 bits per heavy atom. The number of ether oxygens (including phenoxy) is 2. The van der Waals surface area contributed by atoms with Gasteiger partial charge in [-0.3, -0.25) is 14.4 Å². The summed E-state index contributed by atoms with van der Waals surface area (Å²) in [7, 11) is 1.52. The van der Waals surface area contributed by atoms with Gasteiger partial charge >= 0.3 is 17.8 Å². The molecule has 196 valence electrons. The van der Waals surface area contributed by atoms with Crippen LogP contribution in [-0.2, 0) is 35.2 Å².